The van der Waals surface area contributed by atoms with E-state index in [1.807, 2.05) is 18.2 Å². The topological polar surface area (TPSA) is 48.8 Å². The molecule has 25 heavy (non-hydrogen) atoms. The molecule has 3 heterocycles. The molecule has 2 aliphatic heterocycles. The van der Waals surface area contributed by atoms with Crippen LogP contribution >= 0.6 is 15.9 Å². The predicted octanol–water partition coefficient (Wildman–Crippen LogP) is 2.81. The van der Waals surface area contributed by atoms with Crippen LogP contribution in [-0.4, -0.2) is 47.3 Å². The zero-order chi connectivity index (χ0) is 17.4. The average molecular weight is 404 g/mol. The van der Waals surface area contributed by atoms with E-state index >= 15 is 0 Å². The Morgan fingerprint density at radius 3 is 2.76 bits per heavy atom. The lowest BCUT2D eigenvalue weighted by atomic mass is 10.1. The van der Waals surface area contributed by atoms with E-state index in [4.69, 9.17) is 9.72 Å². The van der Waals surface area contributed by atoms with E-state index in [0.29, 0.717) is 12.6 Å². The van der Waals surface area contributed by atoms with Crippen molar-refractivity contribution in [1.29, 1.82) is 0 Å². The molecule has 4 rings (SSSR count). The predicted molar refractivity (Wildman–Crippen MR) is 101 cm³/mol. The van der Waals surface area contributed by atoms with Gasteiger partial charge in [-0.15, -0.1) is 0 Å². The van der Waals surface area contributed by atoms with Gasteiger partial charge in [0.1, 0.15) is 10.4 Å². The van der Waals surface area contributed by atoms with Crippen molar-refractivity contribution < 1.29 is 9.84 Å². The molecule has 2 atom stereocenters. The first-order valence-electron chi connectivity index (χ1n) is 8.58. The molecular weight excluding hydrogens is 382 g/mol. The van der Waals surface area contributed by atoms with Crippen molar-refractivity contribution in [2.75, 3.05) is 25.1 Å². The van der Waals surface area contributed by atoms with Crippen molar-refractivity contribution in [3.8, 4) is 5.75 Å². The van der Waals surface area contributed by atoms with Crippen LogP contribution in [0.5, 0.6) is 5.75 Å². The Labute approximate surface area is 156 Å². The van der Waals surface area contributed by atoms with Gasteiger partial charge in [0.25, 0.3) is 0 Å². The standard InChI is InChI=1S/C19H22BrN3O2/c1-25-16-4-2-13(3-5-16)9-22-10-14-8-15(24)11-23(14)18-6-7-19(20)21-17(18)12-22/h2-7,14-15,24H,8-12H2,1H3/t14?,15-/m1/s1. The molecule has 1 saturated heterocycles. The first kappa shape index (κ1) is 16.8. The lowest BCUT2D eigenvalue weighted by Crippen LogP contribution is -2.37. The molecule has 1 aromatic heterocycles. The number of methoxy groups -OCH3 is 1. The van der Waals surface area contributed by atoms with E-state index < -0.39 is 0 Å². The van der Waals surface area contributed by atoms with Crippen LogP contribution in [0.2, 0.25) is 0 Å². The Hall–Kier alpha value is -1.63. The van der Waals surface area contributed by atoms with Gasteiger partial charge in [-0.2, -0.15) is 0 Å². The number of aliphatic hydroxyl groups excluding tert-OH is 1. The van der Waals surface area contributed by atoms with Crippen LogP contribution in [0.4, 0.5) is 5.69 Å². The largest absolute Gasteiger partial charge is 0.497 e. The van der Waals surface area contributed by atoms with Gasteiger partial charge in [-0.3, -0.25) is 4.90 Å². The summed E-state index contributed by atoms with van der Waals surface area (Å²) < 4.78 is 6.10. The Balaban J connectivity index is 1.61. The van der Waals surface area contributed by atoms with Gasteiger partial charge in [0.05, 0.1) is 24.6 Å². The maximum Gasteiger partial charge on any atom is 0.118 e. The van der Waals surface area contributed by atoms with Crippen molar-refractivity contribution in [2.24, 2.45) is 0 Å². The first-order valence-corrected chi connectivity index (χ1v) is 9.37. The number of nitrogens with zero attached hydrogens (tertiary/aromatic N) is 3. The third-order valence-corrected chi connectivity index (χ3v) is 5.47. The summed E-state index contributed by atoms with van der Waals surface area (Å²) in [6.45, 7) is 3.29. The van der Waals surface area contributed by atoms with Gasteiger partial charge in [-0.05, 0) is 52.2 Å². The van der Waals surface area contributed by atoms with E-state index in [2.05, 4.69) is 43.9 Å². The fourth-order valence-electron chi connectivity index (χ4n) is 3.89. The molecule has 0 aliphatic carbocycles. The van der Waals surface area contributed by atoms with E-state index in [-0.39, 0.29) is 6.10 Å². The van der Waals surface area contributed by atoms with Gasteiger partial charge in [0.15, 0.2) is 0 Å². The number of aromatic nitrogens is 1. The van der Waals surface area contributed by atoms with Crippen LogP contribution in [0.3, 0.4) is 0 Å². The summed E-state index contributed by atoms with van der Waals surface area (Å²) in [7, 11) is 1.68. The molecule has 0 saturated carbocycles. The van der Waals surface area contributed by atoms with E-state index in [9.17, 15) is 5.11 Å². The second-order valence-electron chi connectivity index (χ2n) is 6.81. The van der Waals surface area contributed by atoms with E-state index in [1.165, 1.54) is 5.56 Å². The molecule has 0 radical (unpaired) electrons. The molecule has 1 unspecified atom stereocenters. The number of benzene rings is 1. The van der Waals surface area contributed by atoms with Crippen LogP contribution in [0, 0.1) is 0 Å². The minimum absolute atomic E-state index is 0.262. The van der Waals surface area contributed by atoms with Crippen molar-refractivity contribution in [3.05, 3.63) is 52.3 Å². The average Bonchev–Trinajstić information content (AvgIpc) is 2.89. The summed E-state index contributed by atoms with van der Waals surface area (Å²) in [5.74, 6) is 0.876. The lowest BCUT2D eigenvalue weighted by molar-refractivity contribution is 0.183. The SMILES string of the molecule is COc1ccc(CN2Cc3nc(Br)ccc3N3C[C@H](O)CC3C2)cc1. The Morgan fingerprint density at radius 1 is 1.20 bits per heavy atom. The summed E-state index contributed by atoms with van der Waals surface area (Å²) in [6, 6.07) is 12.7. The Kier molecular flexibility index (Phi) is 4.67. The fourth-order valence-corrected chi connectivity index (χ4v) is 4.24. The van der Waals surface area contributed by atoms with Crippen molar-refractivity contribution in [1.82, 2.24) is 9.88 Å². The van der Waals surface area contributed by atoms with Gasteiger partial charge in [-0.1, -0.05) is 12.1 Å². The Morgan fingerprint density at radius 2 is 2.00 bits per heavy atom. The highest BCUT2D eigenvalue weighted by atomic mass is 79.9. The van der Waals surface area contributed by atoms with Crippen LogP contribution < -0.4 is 9.64 Å². The van der Waals surface area contributed by atoms with Crippen molar-refractivity contribution in [2.45, 2.75) is 31.7 Å². The minimum Gasteiger partial charge on any atom is -0.497 e. The number of hydrogen-bond donors (Lipinski definition) is 1. The van der Waals surface area contributed by atoms with Crippen molar-refractivity contribution >= 4 is 21.6 Å². The molecule has 1 fully saturated rings. The lowest BCUT2D eigenvalue weighted by Gasteiger charge is -2.27. The molecule has 1 N–H and O–H groups in total. The summed E-state index contributed by atoms with van der Waals surface area (Å²) in [6.07, 6.45) is 0.552. The number of pyridine rings is 1. The first-order chi connectivity index (χ1) is 12.1. The summed E-state index contributed by atoms with van der Waals surface area (Å²) >= 11 is 3.49. The number of fused-ring (bicyclic) bond motifs is 3. The van der Waals surface area contributed by atoms with Crippen LogP contribution in [0.15, 0.2) is 41.0 Å². The maximum atomic E-state index is 10.2. The van der Waals surface area contributed by atoms with Crippen LogP contribution in [-0.2, 0) is 13.1 Å². The number of anilines is 1. The summed E-state index contributed by atoms with van der Waals surface area (Å²) in [5, 5.41) is 10.2. The third kappa shape index (κ3) is 3.52. The van der Waals surface area contributed by atoms with Crippen LogP contribution in [0.1, 0.15) is 17.7 Å². The number of hydrogen-bond acceptors (Lipinski definition) is 5. The minimum atomic E-state index is -0.262. The molecule has 2 aromatic rings. The molecule has 6 heteroatoms. The number of halogens is 1. The number of rotatable bonds is 3. The normalized spacial score (nSPS) is 23.1. The highest BCUT2D eigenvalue weighted by molar-refractivity contribution is 9.10. The molecular formula is C19H22BrN3O2. The summed E-state index contributed by atoms with van der Waals surface area (Å²) in [5.41, 5.74) is 3.48. The van der Waals surface area contributed by atoms with Crippen LogP contribution in [0.25, 0.3) is 0 Å². The molecule has 0 bridgehead atoms. The summed E-state index contributed by atoms with van der Waals surface area (Å²) in [4.78, 5) is 9.46. The maximum absolute atomic E-state index is 10.2. The van der Waals surface area contributed by atoms with Gasteiger partial charge in [0.2, 0.25) is 0 Å². The highest BCUT2D eigenvalue weighted by Gasteiger charge is 2.36. The van der Waals surface area contributed by atoms with Crippen molar-refractivity contribution in [3.63, 3.8) is 0 Å². The van der Waals surface area contributed by atoms with E-state index in [1.54, 1.807) is 7.11 Å². The molecule has 2 aliphatic rings. The zero-order valence-corrected chi connectivity index (χ0v) is 15.8. The monoisotopic (exact) mass is 403 g/mol. The van der Waals surface area contributed by atoms with E-state index in [0.717, 1.165) is 47.8 Å². The molecule has 132 valence electrons. The molecule has 1 aromatic carbocycles. The van der Waals surface area contributed by atoms with Gasteiger partial charge < -0.3 is 14.7 Å². The second kappa shape index (κ2) is 6.94. The second-order valence-corrected chi connectivity index (χ2v) is 7.63. The fraction of sp³-hybridized carbons (Fsp3) is 0.421. The quantitative estimate of drug-likeness (QED) is 0.798. The number of ether oxygens (including phenoxy) is 1. The molecule has 0 spiro atoms. The van der Waals surface area contributed by atoms with Gasteiger partial charge >= 0.3 is 0 Å². The molecule has 0 amide bonds. The number of aliphatic hydroxyl groups is 1. The van der Waals surface area contributed by atoms with Gasteiger partial charge in [0, 0.05) is 32.2 Å². The third-order valence-electron chi connectivity index (χ3n) is 5.03. The van der Waals surface area contributed by atoms with Gasteiger partial charge in [-0.25, -0.2) is 4.98 Å². The smallest absolute Gasteiger partial charge is 0.118 e. The Bertz CT molecular complexity index is 753. The zero-order valence-electron chi connectivity index (χ0n) is 14.2. The molecule has 5 nitrogen and oxygen atoms in total. The highest BCUT2D eigenvalue weighted by Crippen LogP contribution is 2.33.